The molecule has 2 amide bonds. The molecule has 11 nitrogen and oxygen atoms in total. The summed E-state index contributed by atoms with van der Waals surface area (Å²) < 4.78 is 51.3. The van der Waals surface area contributed by atoms with E-state index in [2.05, 4.69) is 5.32 Å². The molecule has 0 saturated carbocycles. The maximum absolute atomic E-state index is 14.1. The van der Waals surface area contributed by atoms with Crippen LogP contribution in [0.4, 0.5) is 24.5 Å². The second-order valence-electron chi connectivity index (χ2n) is 10.6. The van der Waals surface area contributed by atoms with Crippen molar-refractivity contribution in [2.24, 2.45) is 0 Å². The lowest BCUT2D eigenvalue weighted by Crippen LogP contribution is -2.30. The number of pyridine rings is 1. The Hall–Kier alpha value is -6.44. The smallest absolute Gasteiger partial charge is 0.471 e. The number of alkyl halides is 3. The van der Waals surface area contributed by atoms with Crippen molar-refractivity contribution < 1.29 is 51.7 Å². The number of hydrogen-bond acceptors (Lipinski definition) is 7. The summed E-state index contributed by atoms with van der Waals surface area (Å²) >= 11 is 0. The standard InChI is InChI=1S/C35H26F3N3O8/c1-20-29(40-32(45)23-10-7-11-24(16-23)48-19-28(42)43)27-12-5-6-15-41(27)30(20)31(44)22-13-14-26(39-34(47)35(36,37)38)25(17-22)33(46)49-18-21-8-3-2-4-9-21/h2-17H,18-19H2,1H3,(H,39,47)(H,40,45)(H,42,43). The highest BCUT2D eigenvalue weighted by molar-refractivity contribution is 6.15. The molecule has 0 aliphatic heterocycles. The van der Waals surface area contributed by atoms with Crippen LogP contribution >= 0.6 is 0 Å². The summed E-state index contributed by atoms with van der Waals surface area (Å²) in [5.74, 6) is -5.70. The number of amides is 2. The Morgan fingerprint density at radius 2 is 1.57 bits per heavy atom. The number of rotatable bonds is 11. The zero-order valence-electron chi connectivity index (χ0n) is 25.5. The Morgan fingerprint density at radius 3 is 2.29 bits per heavy atom. The monoisotopic (exact) mass is 673 g/mol. The van der Waals surface area contributed by atoms with Gasteiger partial charge in [0.15, 0.2) is 6.61 Å². The molecule has 2 heterocycles. The molecule has 0 unspecified atom stereocenters. The normalized spacial score (nSPS) is 11.1. The number of hydrogen-bond donors (Lipinski definition) is 3. The highest BCUT2D eigenvalue weighted by Crippen LogP contribution is 2.32. The molecule has 2 aromatic heterocycles. The number of benzene rings is 3. The number of ketones is 1. The molecule has 3 aromatic carbocycles. The summed E-state index contributed by atoms with van der Waals surface area (Å²) in [5.41, 5.74) is 0.685. The van der Waals surface area contributed by atoms with Crippen LogP contribution in [0.5, 0.6) is 5.75 Å². The predicted molar refractivity (Wildman–Crippen MR) is 170 cm³/mol. The number of anilines is 2. The SMILES string of the molecule is Cc1c(NC(=O)c2cccc(OCC(=O)O)c2)c2ccccn2c1C(=O)c1ccc(NC(=O)C(F)(F)F)c(C(=O)OCc2ccccc2)c1. The summed E-state index contributed by atoms with van der Waals surface area (Å²) in [6.45, 7) is 0.738. The van der Waals surface area contributed by atoms with Gasteiger partial charge in [0.25, 0.3) is 5.91 Å². The number of esters is 1. The van der Waals surface area contributed by atoms with Crippen molar-refractivity contribution >= 4 is 46.4 Å². The third-order valence-electron chi connectivity index (χ3n) is 7.22. The van der Waals surface area contributed by atoms with Crippen LogP contribution in [0.1, 0.15) is 47.9 Å². The molecule has 0 aliphatic carbocycles. The first-order valence-electron chi connectivity index (χ1n) is 14.5. The number of carbonyl (C=O) groups excluding carboxylic acids is 4. The number of halogens is 3. The number of fused-ring (bicyclic) bond motifs is 1. The van der Waals surface area contributed by atoms with Gasteiger partial charge in [-0.3, -0.25) is 14.4 Å². The molecule has 0 aliphatic rings. The van der Waals surface area contributed by atoms with Gasteiger partial charge in [0.2, 0.25) is 5.78 Å². The number of nitrogens with one attached hydrogen (secondary N) is 2. The molecule has 5 rings (SSSR count). The van der Waals surface area contributed by atoms with Gasteiger partial charge in [-0.2, -0.15) is 13.2 Å². The number of ether oxygens (including phenoxy) is 2. The van der Waals surface area contributed by atoms with Gasteiger partial charge in [-0.1, -0.05) is 42.5 Å². The van der Waals surface area contributed by atoms with Crippen LogP contribution in [-0.4, -0.2) is 51.8 Å². The first kappa shape index (κ1) is 33.9. The van der Waals surface area contributed by atoms with E-state index >= 15 is 0 Å². The molecule has 250 valence electrons. The molecular weight excluding hydrogens is 647 g/mol. The van der Waals surface area contributed by atoms with E-state index < -0.39 is 53.6 Å². The number of carboxylic acid groups (broad SMARTS) is 1. The third-order valence-corrected chi connectivity index (χ3v) is 7.22. The van der Waals surface area contributed by atoms with E-state index in [0.717, 1.165) is 18.2 Å². The van der Waals surface area contributed by atoms with Crippen molar-refractivity contribution in [3.8, 4) is 5.75 Å². The lowest BCUT2D eigenvalue weighted by atomic mass is 10.0. The second-order valence-corrected chi connectivity index (χ2v) is 10.6. The van der Waals surface area contributed by atoms with E-state index in [1.54, 1.807) is 67.0 Å². The first-order valence-corrected chi connectivity index (χ1v) is 14.5. The second kappa shape index (κ2) is 14.1. The fourth-order valence-corrected chi connectivity index (χ4v) is 4.92. The van der Waals surface area contributed by atoms with Crippen LogP contribution in [0.25, 0.3) is 5.52 Å². The van der Waals surface area contributed by atoms with Gasteiger partial charge < -0.3 is 29.6 Å². The Kier molecular flexibility index (Phi) is 9.78. The van der Waals surface area contributed by atoms with Crippen LogP contribution in [-0.2, 0) is 20.9 Å². The van der Waals surface area contributed by atoms with E-state index in [1.165, 1.54) is 28.7 Å². The summed E-state index contributed by atoms with van der Waals surface area (Å²) in [7, 11) is 0. The average Bonchev–Trinajstić information content (AvgIpc) is 3.36. The van der Waals surface area contributed by atoms with Gasteiger partial charge in [0.1, 0.15) is 12.4 Å². The predicted octanol–water partition coefficient (Wildman–Crippen LogP) is 6.05. The fraction of sp³-hybridized carbons (Fsp3) is 0.114. The third kappa shape index (κ3) is 7.76. The zero-order valence-corrected chi connectivity index (χ0v) is 25.5. The molecule has 0 bridgehead atoms. The number of aliphatic carboxylic acids is 1. The molecule has 0 radical (unpaired) electrons. The van der Waals surface area contributed by atoms with Crippen molar-refractivity contribution in [1.82, 2.24) is 4.40 Å². The van der Waals surface area contributed by atoms with Gasteiger partial charge in [-0.15, -0.1) is 0 Å². The highest BCUT2D eigenvalue weighted by atomic mass is 19.4. The zero-order chi connectivity index (χ0) is 35.3. The molecule has 0 saturated heterocycles. The maximum Gasteiger partial charge on any atom is 0.471 e. The van der Waals surface area contributed by atoms with Crippen LogP contribution < -0.4 is 15.4 Å². The minimum Gasteiger partial charge on any atom is -0.482 e. The Balaban J connectivity index is 1.49. The summed E-state index contributed by atoms with van der Waals surface area (Å²) in [4.78, 5) is 63.1. The molecule has 0 fully saturated rings. The maximum atomic E-state index is 14.1. The van der Waals surface area contributed by atoms with E-state index in [4.69, 9.17) is 14.6 Å². The van der Waals surface area contributed by atoms with Crippen molar-refractivity contribution in [2.45, 2.75) is 19.7 Å². The van der Waals surface area contributed by atoms with E-state index in [9.17, 15) is 37.1 Å². The van der Waals surface area contributed by atoms with Crippen molar-refractivity contribution in [1.29, 1.82) is 0 Å². The molecular formula is C35H26F3N3O8. The molecule has 14 heteroatoms. The van der Waals surface area contributed by atoms with E-state index in [0.29, 0.717) is 16.6 Å². The lowest BCUT2D eigenvalue weighted by molar-refractivity contribution is -0.167. The van der Waals surface area contributed by atoms with Crippen LogP contribution in [0, 0.1) is 6.92 Å². The minimum atomic E-state index is -5.25. The quantitative estimate of drug-likeness (QED) is 0.113. The Morgan fingerprint density at radius 1 is 0.837 bits per heavy atom. The molecule has 0 atom stereocenters. The van der Waals surface area contributed by atoms with Crippen molar-refractivity contribution in [3.63, 3.8) is 0 Å². The van der Waals surface area contributed by atoms with Crippen molar-refractivity contribution in [2.75, 3.05) is 17.2 Å². The molecule has 0 spiro atoms. The van der Waals surface area contributed by atoms with Gasteiger partial charge in [-0.05, 0) is 61.0 Å². The highest BCUT2D eigenvalue weighted by Gasteiger charge is 2.39. The van der Waals surface area contributed by atoms with Crippen LogP contribution in [0.3, 0.4) is 0 Å². The summed E-state index contributed by atoms with van der Waals surface area (Å²) in [6, 6.07) is 22.5. The molecule has 5 aromatic rings. The number of nitrogens with zero attached hydrogens (tertiary/aromatic N) is 1. The summed E-state index contributed by atoms with van der Waals surface area (Å²) in [6.07, 6.45) is -3.69. The van der Waals surface area contributed by atoms with Gasteiger partial charge in [-0.25, -0.2) is 9.59 Å². The Labute approximate surface area is 275 Å². The molecule has 3 N–H and O–H groups in total. The summed E-state index contributed by atoms with van der Waals surface area (Å²) in [5, 5.41) is 13.3. The first-order chi connectivity index (χ1) is 23.3. The van der Waals surface area contributed by atoms with Crippen LogP contribution in [0.15, 0.2) is 97.2 Å². The van der Waals surface area contributed by atoms with Crippen LogP contribution in [0.2, 0.25) is 0 Å². The number of carboxylic acids is 1. The molecule has 49 heavy (non-hydrogen) atoms. The largest absolute Gasteiger partial charge is 0.482 e. The van der Waals surface area contributed by atoms with E-state index in [1.807, 2.05) is 0 Å². The van der Waals surface area contributed by atoms with Gasteiger partial charge in [0.05, 0.1) is 28.1 Å². The topological polar surface area (TPSA) is 153 Å². The average molecular weight is 674 g/mol. The Bertz CT molecular complexity index is 2090. The van der Waals surface area contributed by atoms with Gasteiger partial charge >= 0.3 is 24.0 Å². The number of aromatic nitrogens is 1. The lowest BCUT2D eigenvalue weighted by Gasteiger charge is -2.14. The fourth-order valence-electron chi connectivity index (χ4n) is 4.92. The van der Waals surface area contributed by atoms with Crippen molar-refractivity contribution in [3.05, 3.63) is 131 Å². The van der Waals surface area contributed by atoms with Gasteiger partial charge in [0, 0.05) is 22.9 Å². The minimum absolute atomic E-state index is 0.0696. The number of carbonyl (C=O) groups is 5. The van der Waals surface area contributed by atoms with E-state index in [-0.39, 0.29) is 34.9 Å².